The average Bonchev–Trinajstić information content (AvgIpc) is 3.09. The maximum absolute atomic E-state index is 12.3. The van der Waals surface area contributed by atoms with E-state index in [0.717, 1.165) is 44.2 Å². The molecule has 130 valence electrons. The SMILES string of the molecule is COC(=O)CCCCCCCN1C=CN(C(=O)c2ccccc2)C1. The van der Waals surface area contributed by atoms with Gasteiger partial charge < -0.3 is 9.64 Å². The van der Waals surface area contributed by atoms with E-state index in [-0.39, 0.29) is 11.9 Å². The molecule has 0 unspecified atom stereocenters. The molecule has 0 aromatic heterocycles. The van der Waals surface area contributed by atoms with Crippen LogP contribution in [-0.4, -0.2) is 42.0 Å². The number of hydrogen-bond donors (Lipinski definition) is 0. The molecule has 0 bridgehead atoms. The van der Waals surface area contributed by atoms with Crippen LogP contribution in [0.4, 0.5) is 0 Å². The van der Waals surface area contributed by atoms with Gasteiger partial charge in [-0.1, -0.05) is 37.5 Å². The number of nitrogens with zero attached hydrogens (tertiary/aromatic N) is 2. The van der Waals surface area contributed by atoms with E-state index in [0.29, 0.717) is 13.1 Å². The Kier molecular flexibility index (Phi) is 7.33. The quantitative estimate of drug-likeness (QED) is 0.514. The fourth-order valence-electron chi connectivity index (χ4n) is 2.71. The molecule has 1 aliphatic rings. The lowest BCUT2D eigenvalue weighted by atomic mass is 10.1. The molecule has 0 spiro atoms. The Morgan fingerprint density at radius 2 is 1.71 bits per heavy atom. The van der Waals surface area contributed by atoms with E-state index < -0.39 is 0 Å². The number of methoxy groups -OCH3 is 1. The van der Waals surface area contributed by atoms with Gasteiger partial charge in [0, 0.05) is 30.9 Å². The van der Waals surface area contributed by atoms with Gasteiger partial charge in [0.2, 0.25) is 0 Å². The van der Waals surface area contributed by atoms with Gasteiger partial charge in [-0.2, -0.15) is 0 Å². The molecule has 1 aromatic rings. The van der Waals surface area contributed by atoms with Crippen molar-refractivity contribution in [1.29, 1.82) is 0 Å². The van der Waals surface area contributed by atoms with Gasteiger partial charge in [-0.3, -0.25) is 14.5 Å². The highest BCUT2D eigenvalue weighted by molar-refractivity contribution is 5.94. The van der Waals surface area contributed by atoms with Crippen molar-refractivity contribution >= 4 is 11.9 Å². The van der Waals surface area contributed by atoms with Gasteiger partial charge >= 0.3 is 5.97 Å². The Balaban J connectivity index is 1.57. The van der Waals surface area contributed by atoms with Crippen molar-refractivity contribution < 1.29 is 14.3 Å². The average molecular weight is 330 g/mol. The predicted octanol–water partition coefficient (Wildman–Crippen LogP) is 3.39. The Labute approximate surface area is 143 Å². The third-order valence-electron chi connectivity index (χ3n) is 4.13. The highest BCUT2D eigenvalue weighted by Gasteiger charge is 2.19. The Bertz CT molecular complexity index is 557. The molecular formula is C19H26N2O3. The molecule has 24 heavy (non-hydrogen) atoms. The van der Waals surface area contributed by atoms with Crippen LogP contribution in [0.2, 0.25) is 0 Å². The van der Waals surface area contributed by atoms with Gasteiger partial charge in [-0.15, -0.1) is 0 Å². The van der Waals surface area contributed by atoms with Crippen LogP contribution in [0, 0.1) is 0 Å². The Morgan fingerprint density at radius 1 is 1.00 bits per heavy atom. The first-order valence-corrected chi connectivity index (χ1v) is 8.56. The van der Waals surface area contributed by atoms with Crippen LogP contribution in [0.5, 0.6) is 0 Å². The van der Waals surface area contributed by atoms with Crippen molar-refractivity contribution in [1.82, 2.24) is 9.80 Å². The van der Waals surface area contributed by atoms with Crippen molar-refractivity contribution in [3.05, 3.63) is 48.3 Å². The molecule has 0 saturated carbocycles. The summed E-state index contributed by atoms with van der Waals surface area (Å²) >= 11 is 0. The summed E-state index contributed by atoms with van der Waals surface area (Å²) in [4.78, 5) is 27.2. The summed E-state index contributed by atoms with van der Waals surface area (Å²) in [7, 11) is 1.43. The number of unbranched alkanes of at least 4 members (excludes halogenated alkanes) is 4. The zero-order valence-corrected chi connectivity index (χ0v) is 14.3. The highest BCUT2D eigenvalue weighted by Crippen LogP contribution is 2.13. The van der Waals surface area contributed by atoms with Gasteiger partial charge in [0.1, 0.15) is 0 Å². The molecule has 2 rings (SSSR count). The lowest BCUT2D eigenvalue weighted by molar-refractivity contribution is -0.140. The lowest BCUT2D eigenvalue weighted by Gasteiger charge is -2.20. The van der Waals surface area contributed by atoms with Crippen LogP contribution in [0.25, 0.3) is 0 Å². The fourth-order valence-corrected chi connectivity index (χ4v) is 2.71. The summed E-state index contributed by atoms with van der Waals surface area (Å²) in [5.74, 6) is -0.0856. The fraction of sp³-hybridized carbons (Fsp3) is 0.474. The van der Waals surface area contributed by atoms with Crippen LogP contribution >= 0.6 is 0 Å². The predicted molar refractivity (Wildman–Crippen MR) is 93.0 cm³/mol. The van der Waals surface area contributed by atoms with Crippen molar-refractivity contribution in [2.24, 2.45) is 0 Å². The molecule has 0 atom stereocenters. The summed E-state index contributed by atoms with van der Waals surface area (Å²) < 4.78 is 4.62. The molecule has 0 radical (unpaired) electrons. The molecule has 0 saturated heterocycles. The molecule has 0 aliphatic carbocycles. The number of hydrogen-bond acceptors (Lipinski definition) is 4. The second kappa shape index (κ2) is 9.75. The maximum Gasteiger partial charge on any atom is 0.305 e. The van der Waals surface area contributed by atoms with E-state index in [1.54, 1.807) is 4.90 Å². The topological polar surface area (TPSA) is 49.9 Å². The monoisotopic (exact) mass is 330 g/mol. The van der Waals surface area contributed by atoms with Gasteiger partial charge in [0.05, 0.1) is 13.8 Å². The first kappa shape index (κ1) is 18.0. The molecule has 1 heterocycles. The standard InChI is InChI=1S/C19H26N2O3/c1-24-18(22)12-8-3-2-4-9-13-20-14-15-21(16-20)19(23)17-10-6-5-7-11-17/h5-7,10-11,14-15H,2-4,8-9,12-13,16H2,1H3. The zero-order valence-electron chi connectivity index (χ0n) is 14.3. The van der Waals surface area contributed by atoms with Crippen LogP contribution in [0.1, 0.15) is 48.9 Å². The maximum atomic E-state index is 12.3. The number of ether oxygens (including phenoxy) is 1. The van der Waals surface area contributed by atoms with E-state index in [1.165, 1.54) is 7.11 Å². The summed E-state index contributed by atoms with van der Waals surface area (Å²) in [6, 6.07) is 9.35. The summed E-state index contributed by atoms with van der Waals surface area (Å²) in [6.45, 7) is 1.57. The molecule has 5 nitrogen and oxygen atoms in total. The van der Waals surface area contributed by atoms with Gasteiger partial charge in [-0.05, 0) is 25.0 Å². The number of rotatable bonds is 9. The van der Waals surface area contributed by atoms with E-state index in [4.69, 9.17) is 0 Å². The lowest BCUT2D eigenvalue weighted by Crippen LogP contribution is -2.30. The Morgan fingerprint density at radius 3 is 2.46 bits per heavy atom. The second-order valence-corrected chi connectivity index (χ2v) is 5.99. The van der Waals surface area contributed by atoms with Crippen LogP contribution in [0.15, 0.2) is 42.7 Å². The van der Waals surface area contributed by atoms with Crippen LogP contribution < -0.4 is 0 Å². The van der Waals surface area contributed by atoms with E-state index in [9.17, 15) is 9.59 Å². The summed E-state index contributed by atoms with van der Waals surface area (Å²) in [6.07, 6.45) is 9.67. The summed E-state index contributed by atoms with van der Waals surface area (Å²) in [5.41, 5.74) is 0.717. The Hall–Kier alpha value is -2.30. The smallest absolute Gasteiger partial charge is 0.305 e. The van der Waals surface area contributed by atoms with Crippen molar-refractivity contribution in [3.8, 4) is 0 Å². The second-order valence-electron chi connectivity index (χ2n) is 5.99. The number of amides is 1. The number of esters is 1. The van der Waals surface area contributed by atoms with Gasteiger partial charge in [0.15, 0.2) is 0 Å². The van der Waals surface area contributed by atoms with Gasteiger partial charge in [-0.25, -0.2) is 0 Å². The van der Waals surface area contributed by atoms with E-state index in [2.05, 4.69) is 9.64 Å². The molecule has 1 aromatic carbocycles. The highest BCUT2D eigenvalue weighted by atomic mass is 16.5. The molecule has 0 N–H and O–H groups in total. The number of carbonyl (C=O) groups excluding carboxylic acids is 2. The van der Waals surface area contributed by atoms with Gasteiger partial charge in [0.25, 0.3) is 5.91 Å². The molecule has 1 aliphatic heterocycles. The van der Waals surface area contributed by atoms with E-state index in [1.807, 2.05) is 42.7 Å². The minimum absolute atomic E-state index is 0.0390. The van der Waals surface area contributed by atoms with Crippen molar-refractivity contribution in [2.45, 2.75) is 38.5 Å². The molecule has 1 amide bonds. The van der Waals surface area contributed by atoms with Crippen molar-refractivity contribution in [3.63, 3.8) is 0 Å². The first-order chi connectivity index (χ1) is 11.7. The third kappa shape index (κ3) is 5.72. The first-order valence-electron chi connectivity index (χ1n) is 8.56. The number of carbonyl (C=O) groups is 2. The molecule has 5 heteroatoms. The number of benzene rings is 1. The van der Waals surface area contributed by atoms with E-state index >= 15 is 0 Å². The normalized spacial score (nSPS) is 13.4. The zero-order chi connectivity index (χ0) is 17.2. The van der Waals surface area contributed by atoms with Crippen molar-refractivity contribution in [2.75, 3.05) is 20.3 Å². The largest absolute Gasteiger partial charge is 0.469 e. The minimum Gasteiger partial charge on any atom is -0.469 e. The molecular weight excluding hydrogens is 304 g/mol. The van der Waals surface area contributed by atoms with Crippen LogP contribution in [-0.2, 0) is 9.53 Å². The third-order valence-corrected chi connectivity index (χ3v) is 4.13. The van der Waals surface area contributed by atoms with Crippen LogP contribution in [0.3, 0.4) is 0 Å². The minimum atomic E-state index is -0.125. The molecule has 0 fully saturated rings. The summed E-state index contributed by atoms with van der Waals surface area (Å²) in [5, 5.41) is 0.